The maximum Gasteiger partial charge on any atom is 0.416 e. The van der Waals surface area contributed by atoms with Crippen LogP contribution < -0.4 is 5.73 Å². The lowest BCUT2D eigenvalue weighted by Crippen LogP contribution is -2.33. The normalized spacial score (nSPS) is 14.0. The number of aromatic hydroxyl groups is 1. The van der Waals surface area contributed by atoms with Crippen LogP contribution in [-0.2, 0) is 15.7 Å². The summed E-state index contributed by atoms with van der Waals surface area (Å²) in [4.78, 5) is 11.2. The Kier molecular flexibility index (Phi) is 7.04. The van der Waals surface area contributed by atoms with Crippen LogP contribution in [0.1, 0.15) is 24.1 Å². The minimum Gasteiger partial charge on any atom is -0.505 e. The van der Waals surface area contributed by atoms with Gasteiger partial charge in [-0.2, -0.15) is 13.2 Å². The van der Waals surface area contributed by atoms with Gasteiger partial charge in [0.25, 0.3) is 0 Å². The van der Waals surface area contributed by atoms with Crippen LogP contribution >= 0.6 is 12.4 Å². The first-order chi connectivity index (χ1) is 9.61. The SMILES string of the molecule is CCOC(=O)C(F)[C@@H](N)c1c(C(F)(F)F)ccc(F)c1O.Cl. The zero-order valence-electron chi connectivity index (χ0n) is 11.2. The summed E-state index contributed by atoms with van der Waals surface area (Å²) in [5.74, 6) is -4.37. The highest BCUT2D eigenvalue weighted by Crippen LogP contribution is 2.40. The smallest absolute Gasteiger partial charge is 0.416 e. The zero-order chi connectivity index (χ0) is 16.4. The summed E-state index contributed by atoms with van der Waals surface area (Å²) in [5.41, 5.74) is 2.47. The van der Waals surface area contributed by atoms with E-state index in [4.69, 9.17) is 5.73 Å². The third-order valence-corrected chi connectivity index (χ3v) is 2.63. The Morgan fingerprint density at radius 1 is 1.41 bits per heavy atom. The third kappa shape index (κ3) is 4.20. The number of hydrogen-bond donors (Lipinski definition) is 2. The molecule has 1 rings (SSSR count). The number of hydrogen-bond acceptors (Lipinski definition) is 4. The van der Waals surface area contributed by atoms with Gasteiger partial charge < -0.3 is 15.6 Å². The van der Waals surface area contributed by atoms with Crippen LogP contribution in [0, 0.1) is 5.82 Å². The lowest BCUT2D eigenvalue weighted by Gasteiger charge is -2.21. The maximum atomic E-state index is 13.7. The number of carbonyl (C=O) groups excluding carboxylic acids is 1. The molecule has 10 heteroatoms. The number of carbonyl (C=O) groups is 1. The molecule has 0 saturated heterocycles. The van der Waals surface area contributed by atoms with E-state index in [9.17, 15) is 31.9 Å². The first kappa shape index (κ1) is 20.4. The fraction of sp³-hybridized carbons (Fsp3) is 0.417. The van der Waals surface area contributed by atoms with Gasteiger partial charge >= 0.3 is 12.1 Å². The van der Waals surface area contributed by atoms with E-state index in [1.165, 1.54) is 6.92 Å². The van der Waals surface area contributed by atoms with Crippen molar-refractivity contribution in [2.24, 2.45) is 5.73 Å². The molecule has 22 heavy (non-hydrogen) atoms. The fourth-order valence-corrected chi connectivity index (χ4v) is 1.68. The van der Waals surface area contributed by atoms with Crippen LogP contribution in [-0.4, -0.2) is 23.9 Å². The number of ether oxygens (including phenoxy) is 1. The van der Waals surface area contributed by atoms with E-state index in [0.717, 1.165) is 0 Å². The summed E-state index contributed by atoms with van der Waals surface area (Å²) < 4.78 is 69.7. The highest BCUT2D eigenvalue weighted by atomic mass is 35.5. The highest BCUT2D eigenvalue weighted by molar-refractivity contribution is 5.85. The molecule has 0 aromatic heterocycles. The van der Waals surface area contributed by atoms with Crippen molar-refractivity contribution in [1.82, 2.24) is 0 Å². The zero-order valence-corrected chi connectivity index (χ0v) is 12.0. The lowest BCUT2D eigenvalue weighted by atomic mass is 9.95. The van der Waals surface area contributed by atoms with Crippen molar-refractivity contribution in [2.75, 3.05) is 6.61 Å². The van der Waals surface area contributed by atoms with Crippen LogP contribution in [0.4, 0.5) is 22.0 Å². The second-order valence-electron chi connectivity index (χ2n) is 4.03. The molecule has 0 fully saturated rings. The molecule has 1 aromatic carbocycles. The summed E-state index contributed by atoms with van der Waals surface area (Å²) in [7, 11) is 0. The lowest BCUT2D eigenvalue weighted by molar-refractivity contribution is -0.150. The molecule has 0 aliphatic rings. The first-order valence-corrected chi connectivity index (χ1v) is 5.76. The summed E-state index contributed by atoms with van der Waals surface area (Å²) in [5, 5.41) is 9.40. The Bertz CT molecular complexity index is 538. The van der Waals surface area contributed by atoms with Crippen molar-refractivity contribution >= 4 is 18.4 Å². The molecule has 0 aliphatic carbocycles. The van der Waals surface area contributed by atoms with Crippen molar-refractivity contribution in [3.05, 3.63) is 29.1 Å². The summed E-state index contributed by atoms with van der Waals surface area (Å²) in [6, 6.07) is -1.55. The standard InChI is InChI=1S/C12H12F5NO3.ClH/c1-2-21-11(20)8(14)9(18)7-5(12(15,16)17)3-4-6(13)10(7)19;/h3-4,8-9,19H,2,18H2,1H3;1H/t8?,9-;/m0./s1. The molecule has 0 heterocycles. The van der Waals surface area contributed by atoms with E-state index in [0.29, 0.717) is 12.1 Å². The monoisotopic (exact) mass is 349 g/mol. The maximum absolute atomic E-state index is 13.7. The van der Waals surface area contributed by atoms with Crippen molar-refractivity contribution in [1.29, 1.82) is 0 Å². The molecular weight excluding hydrogens is 337 g/mol. The van der Waals surface area contributed by atoms with Gasteiger partial charge in [-0.15, -0.1) is 12.4 Å². The van der Waals surface area contributed by atoms with Crippen molar-refractivity contribution in [2.45, 2.75) is 25.3 Å². The number of halogens is 6. The minimum absolute atomic E-state index is 0. The van der Waals surface area contributed by atoms with E-state index < -0.39 is 47.1 Å². The predicted molar refractivity (Wildman–Crippen MR) is 68.8 cm³/mol. The van der Waals surface area contributed by atoms with Crippen LogP contribution in [0.25, 0.3) is 0 Å². The molecular formula is C12H13ClF5NO3. The number of phenols is 1. The van der Waals surface area contributed by atoms with Crippen molar-refractivity contribution < 1.29 is 36.6 Å². The van der Waals surface area contributed by atoms with E-state index in [2.05, 4.69) is 4.74 Å². The summed E-state index contributed by atoms with van der Waals surface area (Å²) in [6.07, 6.45) is -7.69. The second kappa shape index (κ2) is 7.59. The quantitative estimate of drug-likeness (QED) is 0.647. The number of benzene rings is 1. The predicted octanol–water partition coefficient (Wildman–Crippen LogP) is 2.87. The van der Waals surface area contributed by atoms with Gasteiger partial charge in [0.05, 0.1) is 18.2 Å². The minimum atomic E-state index is -5.01. The van der Waals surface area contributed by atoms with Crippen LogP contribution in [0.2, 0.25) is 0 Å². The average molecular weight is 350 g/mol. The van der Waals surface area contributed by atoms with E-state index in [1.807, 2.05) is 0 Å². The largest absolute Gasteiger partial charge is 0.505 e. The van der Waals surface area contributed by atoms with Crippen LogP contribution in [0.5, 0.6) is 5.75 Å². The van der Waals surface area contributed by atoms with Gasteiger partial charge in [0, 0.05) is 5.56 Å². The Morgan fingerprint density at radius 3 is 2.41 bits per heavy atom. The van der Waals surface area contributed by atoms with Gasteiger partial charge in [0.2, 0.25) is 6.17 Å². The summed E-state index contributed by atoms with van der Waals surface area (Å²) >= 11 is 0. The Hall–Kier alpha value is -1.61. The van der Waals surface area contributed by atoms with Gasteiger partial charge in [0.1, 0.15) is 0 Å². The Morgan fingerprint density at radius 2 is 1.95 bits per heavy atom. The van der Waals surface area contributed by atoms with Crippen LogP contribution in [0.15, 0.2) is 12.1 Å². The number of nitrogens with two attached hydrogens (primary N) is 1. The van der Waals surface area contributed by atoms with Crippen LogP contribution in [0.3, 0.4) is 0 Å². The second-order valence-corrected chi connectivity index (χ2v) is 4.03. The number of esters is 1. The van der Waals surface area contributed by atoms with Crippen molar-refractivity contribution in [3.8, 4) is 5.75 Å². The Balaban J connectivity index is 0.00000441. The molecule has 126 valence electrons. The van der Waals surface area contributed by atoms with Gasteiger partial charge in [-0.25, -0.2) is 13.6 Å². The number of phenolic OH excluding ortho intramolecular Hbond substituents is 1. The molecule has 0 radical (unpaired) electrons. The number of alkyl halides is 4. The topological polar surface area (TPSA) is 72.5 Å². The van der Waals surface area contributed by atoms with Gasteiger partial charge in [-0.1, -0.05) is 0 Å². The molecule has 0 bridgehead atoms. The molecule has 0 saturated carbocycles. The van der Waals surface area contributed by atoms with E-state index in [-0.39, 0.29) is 19.0 Å². The average Bonchev–Trinajstić information content (AvgIpc) is 2.39. The molecule has 0 amide bonds. The van der Waals surface area contributed by atoms with Gasteiger partial charge in [0.15, 0.2) is 11.6 Å². The molecule has 0 aliphatic heterocycles. The number of rotatable bonds is 4. The van der Waals surface area contributed by atoms with Gasteiger partial charge in [-0.3, -0.25) is 0 Å². The molecule has 1 aromatic rings. The molecule has 4 nitrogen and oxygen atoms in total. The summed E-state index contributed by atoms with van der Waals surface area (Å²) in [6.45, 7) is 1.14. The fourth-order valence-electron chi connectivity index (χ4n) is 1.68. The highest BCUT2D eigenvalue weighted by Gasteiger charge is 2.40. The molecule has 1 unspecified atom stereocenters. The van der Waals surface area contributed by atoms with Gasteiger partial charge in [-0.05, 0) is 19.1 Å². The third-order valence-electron chi connectivity index (χ3n) is 2.63. The van der Waals surface area contributed by atoms with E-state index >= 15 is 0 Å². The Labute approximate surface area is 128 Å². The van der Waals surface area contributed by atoms with E-state index in [1.54, 1.807) is 0 Å². The molecule has 3 N–H and O–H groups in total. The molecule has 2 atom stereocenters. The van der Waals surface area contributed by atoms with Crippen molar-refractivity contribution in [3.63, 3.8) is 0 Å². The molecule has 0 spiro atoms. The first-order valence-electron chi connectivity index (χ1n) is 5.76.